The molecule has 0 spiro atoms. The maximum absolute atomic E-state index is 3.51. The Morgan fingerprint density at radius 3 is 2.72 bits per heavy atom. The third-order valence-corrected chi connectivity index (χ3v) is 4.15. The Morgan fingerprint density at radius 1 is 1.28 bits per heavy atom. The van der Waals surface area contributed by atoms with Gasteiger partial charge in [-0.1, -0.05) is 38.0 Å². The minimum Gasteiger partial charge on any atom is -0.371 e. The normalized spacial score (nSPS) is 24.2. The van der Waals surface area contributed by atoms with Gasteiger partial charge in [0, 0.05) is 24.8 Å². The van der Waals surface area contributed by atoms with Crippen LogP contribution >= 0.6 is 0 Å². The second-order valence-corrected chi connectivity index (χ2v) is 5.37. The molecule has 0 aliphatic carbocycles. The predicted molar refractivity (Wildman–Crippen MR) is 79.1 cm³/mol. The third-order valence-electron chi connectivity index (χ3n) is 4.15. The van der Waals surface area contributed by atoms with Gasteiger partial charge in [0.1, 0.15) is 0 Å². The fourth-order valence-corrected chi connectivity index (χ4v) is 3.04. The van der Waals surface area contributed by atoms with Crippen LogP contribution in [0.2, 0.25) is 0 Å². The molecule has 100 valence electrons. The first-order chi connectivity index (χ1) is 8.85. The zero-order valence-electron chi connectivity index (χ0n) is 11.7. The molecular formula is C16H26N2. The summed E-state index contributed by atoms with van der Waals surface area (Å²) in [6, 6.07) is 11.5. The Labute approximate surface area is 111 Å². The van der Waals surface area contributed by atoms with E-state index in [1.54, 1.807) is 0 Å². The summed E-state index contributed by atoms with van der Waals surface area (Å²) in [6.45, 7) is 4.67. The second-order valence-electron chi connectivity index (χ2n) is 5.37. The average Bonchev–Trinajstić information content (AvgIpc) is 2.45. The first kappa shape index (κ1) is 13.4. The largest absolute Gasteiger partial charge is 0.371 e. The molecule has 2 heteroatoms. The highest BCUT2D eigenvalue weighted by Gasteiger charge is 2.27. The van der Waals surface area contributed by atoms with Crippen molar-refractivity contribution in [3.63, 3.8) is 0 Å². The molecule has 2 nitrogen and oxygen atoms in total. The maximum Gasteiger partial charge on any atom is 0.0366 e. The van der Waals surface area contributed by atoms with Crippen molar-refractivity contribution in [1.82, 2.24) is 5.32 Å². The van der Waals surface area contributed by atoms with Crippen LogP contribution in [-0.4, -0.2) is 26.2 Å². The van der Waals surface area contributed by atoms with Gasteiger partial charge in [-0.05, 0) is 37.9 Å². The number of nitrogens with one attached hydrogen (secondary N) is 1. The molecule has 0 saturated carbocycles. The average molecular weight is 246 g/mol. The summed E-state index contributed by atoms with van der Waals surface area (Å²) in [4.78, 5) is 2.55. The number of hydrogen-bond donors (Lipinski definition) is 1. The lowest BCUT2D eigenvalue weighted by molar-refractivity contribution is 0.295. The van der Waals surface area contributed by atoms with Crippen molar-refractivity contribution in [3.05, 3.63) is 30.3 Å². The van der Waals surface area contributed by atoms with Gasteiger partial charge in [-0.25, -0.2) is 0 Å². The Kier molecular flexibility index (Phi) is 5.06. The van der Waals surface area contributed by atoms with Crippen LogP contribution < -0.4 is 10.2 Å². The van der Waals surface area contributed by atoms with Crippen LogP contribution in [0.5, 0.6) is 0 Å². The van der Waals surface area contributed by atoms with E-state index in [2.05, 4.69) is 54.5 Å². The first-order valence-electron chi connectivity index (χ1n) is 7.32. The fourth-order valence-electron chi connectivity index (χ4n) is 3.04. The van der Waals surface area contributed by atoms with Crippen LogP contribution in [0.25, 0.3) is 0 Å². The van der Waals surface area contributed by atoms with E-state index in [0.717, 1.165) is 5.92 Å². The maximum atomic E-state index is 3.51. The highest BCUT2D eigenvalue weighted by atomic mass is 15.2. The Hall–Kier alpha value is -1.02. The Balaban J connectivity index is 2.00. The molecule has 1 aliphatic heterocycles. The second kappa shape index (κ2) is 6.79. The number of hydrogen-bond acceptors (Lipinski definition) is 2. The first-order valence-corrected chi connectivity index (χ1v) is 7.32. The molecule has 1 saturated heterocycles. The quantitative estimate of drug-likeness (QED) is 0.857. The third kappa shape index (κ3) is 3.26. The van der Waals surface area contributed by atoms with Crippen LogP contribution in [0.15, 0.2) is 30.3 Å². The van der Waals surface area contributed by atoms with Crippen molar-refractivity contribution < 1.29 is 0 Å². The van der Waals surface area contributed by atoms with Crippen molar-refractivity contribution in [2.24, 2.45) is 5.92 Å². The standard InChI is InChI=1S/C16H26N2/c1-3-4-8-14-13-18(12-11-16(14)17-2)15-9-6-5-7-10-15/h5-7,9-10,14,16-17H,3-4,8,11-13H2,1-2H3/t14-,16+/m0/s1. The zero-order valence-corrected chi connectivity index (χ0v) is 11.7. The number of nitrogens with zero attached hydrogens (tertiary/aromatic N) is 1. The molecule has 0 aromatic heterocycles. The van der Waals surface area contributed by atoms with Gasteiger partial charge >= 0.3 is 0 Å². The molecule has 0 radical (unpaired) electrons. The van der Waals surface area contributed by atoms with Gasteiger partial charge in [-0.15, -0.1) is 0 Å². The topological polar surface area (TPSA) is 15.3 Å². The number of piperidine rings is 1. The summed E-state index contributed by atoms with van der Waals surface area (Å²) in [5.74, 6) is 0.795. The van der Waals surface area contributed by atoms with Crippen LogP contribution in [-0.2, 0) is 0 Å². The van der Waals surface area contributed by atoms with E-state index in [9.17, 15) is 0 Å². The van der Waals surface area contributed by atoms with Crippen molar-refractivity contribution in [3.8, 4) is 0 Å². The smallest absolute Gasteiger partial charge is 0.0366 e. The van der Waals surface area contributed by atoms with Gasteiger partial charge in [0.15, 0.2) is 0 Å². The molecule has 2 rings (SSSR count). The van der Waals surface area contributed by atoms with Crippen LogP contribution in [0.4, 0.5) is 5.69 Å². The number of rotatable bonds is 5. The number of para-hydroxylation sites is 1. The van der Waals surface area contributed by atoms with E-state index >= 15 is 0 Å². The molecule has 0 unspecified atom stereocenters. The van der Waals surface area contributed by atoms with Gasteiger partial charge in [0.05, 0.1) is 0 Å². The molecular weight excluding hydrogens is 220 g/mol. The van der Waals surface area contributed by atoms with Gasteiger partial charge in [-0.2, -0.15) is 0 Å². The minimum atomic E-state index is 0.705. The van der Waals surface area contributed by atoms with Gasteiger partial charge < -0.3 is 10.2 Å². The molecule has 1 aromatic carbocycles. The summed E-state index contributed by atoms with van der Waals surface area (Å²) in [7, 11) is 2.11. The van der Waals surface area contributed by atoms with Gasteiger partial charge in [0.2, 0.25) is 0 Å². The van der Waals surface area contributed by atoms with E-state index in [-0.39, 0.29) is 0 Å². The molecule has 0 amide bonds. The summed E-state index contributed by atoms with van der Waals surface area (Å²) >= 11 is 0. The zero-order chi connectivity index (χ0) is 12.8. The van der Waals surface area contributed by atoms with Crippen molar-refractivity contribution >= 4 is 5.69 Å². The van der Waals surface area contributed by atoms with E-state index in [0.29, 0.717) is 6.04 Å². The molecule has 1 fully saturated rings. The number of anilines is 1. The van der Waals surface area contributed by atoms with Crippen LogP contribution in [0.3, 0.4) is 0 Å². The Bertz CT molecular complexity index is 336. The lowest BCUT2D eigenvalue weighted by atomic mass is 9.87. The number of benzene rings is 1. The predicted octanol–water partition coefficient (Wildman–Crippen LogP) is 3.29. The molecule has 1 N–H and O–H groups in total. The van der Waals surface area contributed by atoms with Crippen LogP contribution in [0.1, 0.15) is 32.6 Å². The lowest BCUT2D eigenvalue weighted by Gasteiger charge is -2.40. The lowest BCUT2D eigenvalue weighted by Crippen LogP contribution is -2.48. The van der Waals surface area contributed by atoms with Gasteiger partial charge in [-0.3, -0.25) is 0 Å². The molecule has 1 aliphatic rings. The molecule has 2 atom stereocenters. The monoisotopic (exact) mass is 246 g/mol. The van der Waals surface area contributed by atoms with E-state index in [1.165, 1.54) is 44.5 Å². The van der Waals surface area contributed by atoms with E-state index < -0.39 is 0 Å². The minimum absolute atomic E-state index is 0.705. The summed E-state index contributed by atoms with van der Waals surface area (Å²) in [5.41, 5.74) is 1.38. The molecule has 1 aromatic rings. The van der Waals surface area contributed by atoms with Crippen molar-refractivity contribution in [2.45, 2.75) is 38.6 Å². The van der Waals surface area contributed by atoms with Crippen molar-refractivity contribution in [2.75, 3.05) is 25.0 Å². The Morgan fingerprint density at radius 2 is 2.06 bits per heavy atom. The van der Waals surface area contributed by atoms with E-state index in [4.69, 9.17) is 0 Å². The molecule has 1 heterocycles. The molecule has 18 heavy (non-hydrogen) atoms. The van der Waals surface area contributed by atoms with Crippen molar-refractivity contribution in [1.29, 1.82) is 0 Å². The SMILES string of the molecule is CCCC[C@H]1CN(c2ccccc2)CC[C@H]1NC. The highest BCUT2D eigenvalue weighted by Crippen LogP contribution is 2.26. The highest BCUT2D eigenvalue weighted by molar-refractivity contribution is 5.46. The van der Waals surface area contributed by atoms with Crippen LogP contribution in [0, 0.1) is 5.92 Å². The molecule has 0 bridgehead atoms. The summed E-state index contributed by atoms with van der Waals surface area (Å²) in [5, 5.41) is 3.51. The van der Waals surface area contributed by atoms with E-state index in [1.807, 2.05) is 0 Å². The fraction of sp³-hybridized carbons (Fsp3) is 0.625. The number of unbranched alkanes of at least 4 members (excludes halogenated alkanes) is 1. The summed E-state index contributed by atoms with van der Waals surface area (Å²) < 4.78 is 0. The summed E-state index contributed by atoms with van der Waals surface area (Å²) in [6.07, 6.45) is 5.27. The van der Waals surface area contributed by atoms with Gasteiger partial charge in [0.25, 0.3) is 0 Å².